The molecule has 0 fully saturated rings. The maximum absolute atomic E-state index is 12.4. The molecule has 29 heavy (non-hydrogen) atoms. The molecule has 0 radical (unpaired) electrons. The van der Waals surface area contributed by atoms with Gasteiger partial charge in [-0.05, 0) is 57.4 Å². The van der Waals surface area contributed by atoms with E-state index in [2.05, 4.69) is 10.3 Å². The molecule has 0 aromatic heterocycles. The maximum Gasteiger partial charge on any atom is 0.436 e. The van der Waals surface area contributed by atoms with Gasteiger partial charge in [0.15, 0.2) is 5.17 Å². The Labute approximate surface area is 175 Å². The number of thioether (sulfide) groups is 1. The van der Waals surface area contributed by atoms with Crippen LogP contribution in [0.3, 0.4) is 0 Å². The summed E-state index contributed by atoms with van der Waals surface area (Å²) in [5.74, 6) is 0.155. The normalized spacial score (nSPS) is 14.1. The molecule has 1 aromatic rings. The van der Waals surface area contributed by atoms with Crippen molar-refractivity contribution in [2.75, 3.05) is 24.2 Å². The number of amides is 2. The van der Waals surface area contributed by atoms with Crippen LogP contribution in [0.5, 0.6) is 0 Å². The number of fused-ring (bicyclic) bond motifs is 1. The number of rotatable bonds is 4. The molecule has 0 atom stereocenters. The van der Waals surface area contributed by atoms with Gasteiger partial charge in [0, 0.05) is 18.8 Å². The van der Waals surface area contributed by atoms with E-state index in [4.69, 9.17) is 9.47 Å². The number of anilines is 1. The third kappa shape index (κ3) is 7.41. The average Bonchev–Trinajstić information content (AvgIpc) is 2.64. The molecule has 0 aliphatic carbocycles. The SMILES string of the molecule is CCOC(=O)N=C(Nc1ccc2c(c1)CN(C(=O)OC(C)(C)C)CC2)SCC=O. The smallest absolute Gasteiger partial charge is 0.436 e. The molecule has 1 aliphatic rings. The Hall–Kier alpha value is -2.55. The number of carbonyl (C=O) groups excluding carboxylic acids is 3. The van der Waals surface area contributed by atoms with Crippen molar-refractivity contribution in [3.63, 3.8) is 0 Å². The van der Waals surface area contributed by atoms with Gasteiger partial charge in [0.25, 0.3) is 0 Å². The highest BCUT2D eigenvalue weighted by Crippen LogP contribution is 2.25. The molecule has 9 heteroatoms. The summed E-state index contributed by atoms with van der Waals surface area (Å²) in [6.07, 6.45) is 0.409. The first-order chi connectivity index (χ1) is 13.7. The zero-order valence-electron chi connectivity index (χ0n) is 17.2. The highest BCUT2D eigenvalue weighted by Gasteiger charge is 2.25. The first-order valence-corrected chi connectivity index (χ1v) is 10.4. The molecule has 1 N–H and O–H groups in total. The van der Waals surface area contributed by atoms with Crippen LogP contribution < -0.4 is 5.32 Å². The second-order valence-electron chi connectivity index (χ2n) is 7.35. The zero-order chi connectivity index (χ0) is 21.4. The van der Waals surface area contributed by atoms with Gasteiger partial charge in [-0.15, -0.1) is 0 Å². The van der Waals surface area contributed by atoms with Crippen LogP contribution in [-0.4, -0.2) is 53.0 Å². The van der Waals surface area contributed by atoms with Gasteiger partial charge in [-0.3, -0.25) is 0 Å². The van der Waals surface area contributed by atoms with Gasteiger partial charge in [-0.25, -0.2) is 9.59 Å². The number of benzene rings is 1. The summed E-state index contributed by atoms with van der Waals surface area (Å²) in [5.41, 5.74) is 2.30. The van der Waals surface area contributed by atoms with Crippen LogP contribution in [0.1, 0.15) is 38.8 Å². The summed E-state index contributed by atoms with van der Waals surface area (Å²) >= 11 is 1.11. The molecule has 8 nitrogen and oxygen atoms in total. The standard InChI is InChI=1S/C20H27N3O5S/c1-5-27-18(25)22-17(29-11-10-24)21-16-7-6-14-8-9-23(13-15(14)12-16)19(26)28-20(2,3)4/h6-7,10,12H,5,8-9,11,13H2,1-4H3,(H,21,22,25). The second-order valence-corrected chi connectivity index (χ2v) is 8.36. The van der Waals surface area contributed by atoms with Crippen LogP contribution in [0, 0.1) is 0 Å². The predicted molar refractivity (Wildman–Crippen MR) is 113 cm³/mol. The summed E-state index contributed by atoms with van der Waals surface area (Å²) < 4.78 is 10.3. The van der Waals surface area contributed by atoms with Gasteiger partial charge >= 0.3 is 12.2 Å². The molecule has 0 spiro atoms. The first kappa shape index (κ1) is 22.7. The number of carbonyl (C=O) groups is 3. The molecule has 1 aromatic carbocycles. The number of aliphatic imine (C=N–C) groups is 1. The number of hydrogen-bond acceptors (Lipinski definition) is 6. The molecule has 1 aliphatic heterocycles. The zero-order valence-corrected chi connectivity index (χ0v) is 18.0. The van der Waals surface area contributed by atoms with E-state index in [1.54, 1.807) is 11.8 Å². The molecule has 0 saturated heterocycles. The van der Waals surface area contributed by atoms with E-state index in [0.717, 1.165) is 35.6 Å². The lowest BCUT2D eigenvalue weighted by molar-refractivity contribution is -0.105. The Bertz CT molecular complexity index is 789. The lowest BCUT2D eigenvalue weighted by Crippen LogP contribution is -2.39. The predicted octanol–water partition coefficient (Wildman–Crippen LogP) is 3.84. The van der Waals surface area contributed by atoms with Gasteiger partial charge in [0.1, 0.15) is 11.9 Å². The highest BCUT2D eigenvalue weighted by molar-refractivity contribution is 8.14. The first-order valence-electron chi connectivity index (χ1n) is 9.40. The molecular formula is C20H27N3O5S. The fourth-order valence-electron chi connectivity index (χ4n) is 2.69. The van der Waals surface area contributed by atoms with Crippen molar-refractivity contribution in [1.82, 2.24) is 4.90 Å². The molecule has 0 saturated carbocycles. The van der Waals surface area contributed by atoms with Crippen molar-refractivity contribution in [3.8, 4) is 0 Å². The Morgan fingerprint density at radius 3 is 2.72 bits per heavy atom. The minimum atomic E-state index is -0.720. The monoisotopic (exact) mass is 421 g/mol. The van der Waals surface area contributed by atoms with E-state index in [1.165, 1.54) is 0 Å². The van der Waals surface area contributed by atoms with Crippen LogP contribution in [0.4, 0.5) is 15.3 Å². The van der Waals surface area contributed by atoms with E-state index in [-0.39, 0.29) is 23.6 Å². The van der Waals surface area contributed by atoms with Crippen molar-refractivity contribution in [2.24, 2.45) is 4.99 Å². The Morgan fingerprint density at radius 1 is 1.31 bits per heavy atom. The van der Waals surface area contributed by atoms with Crippen LogP contribution in [-0.2, 0) is 27.2 Å². The van der Waals surface area contributed by atoms with Gasteiger partial charge in [0.05, 0.1) is 12.4 Å². The summed E-state index contributed by atoms with van der Waals surface area (Å²) in [5, 5.41) is 3.33. The van der Waals surface area contributed by atoms with E-state index in [0.29, 0.717) is 18.8 Å². The number of nitrogens with zero attached hydrogens (tertiary/aromatic N) is 2. The number of ether oxygens (including phenoxy) is 2. The van der Waals surface area contributed by atoms with Gasteiger partial charge < -0.3 is 24.5 Å². The third-order valence-corrected chi connectivity index (χ3v) is 4.64. The average molecular weight is 422 g/mol. The third-order valence-electron chi connectivity index (χ3n) is 3.87. The Balaban J connectivity index is 2.14. The summed E-state index contributed by atoms with van der Waals surface area (Å²) in [6.45, 7) is 8.46. The second kappa shape index (κ2) is 10.3. The molecular weight excluding hydrogens is 394 g/mol. The van der Waals surface area contributed by atoms with Crippen molar-refractivity contribution >= 4 is 41.1 Å². The molecule has 0 unspecified atom stereocenters. The quantitative estimate of drug-likeness (QED) is 0.448. The summed E-state index contributed by atoms with van der Waals surface area (Å²) in [7, 11) is 0. The van der Waals surface area contributed by atoms with Crippen molar-refractivity contribution in [3.05, 3.63) is 29.3 Å². The van der Waals surface area contributed by atoms with Crippen LogP contribution in [0.25, 0.3) is 0 Å². The molecule has 2 rings (SSSR count). The molecule has 2 amide bonds. The highest BCUT2D eigenvalue weighted by atomic mass is 32.2. The van der Waals surface area contributed by atoms with E-state index >= 15 is 0 Å². The van der Waals surface area contributed by atoms with Gasteiger partial charge in [0.2, 0.25) is 0 Å². The Kier molecular flexibility index (Phi) is 8.07. The Morgan fingerprint density at radius 2 is 2.07 bits per heavy atom. The van der Waals surface area contributed by atoms with Crippen molar-refractivity contribution < 1.29 is 23.9 Å². The van der Waals surface area contributed by atoms with Gasteiger partial charge in [-0.2, -0.15) is 4.99 Å². The fraction of sp³-hybridized carbons (Fsp3) is 0.500. The van der Waals surface area contributed by atoms with Crippen LogP contribution in [0.15, 0.2) is 23.2 Å². The lowest BCUT2D eigenvalue weighted by atomic mass is 9.99. The molecule has 158 valence electrons. The van der Waals surface area contributed by atoms with E-state index in [9.17, 15) is 14.4 Å². The topological polar surface area (TPSA) is 97.3 Å². The molecule has 1 heterocycles. The minimum Gasteiger partial charge on any atom is -0.448 e. The number of amidine groups is 1. The van der Waals surface area contributed by atoms with Crippen molar-refractivity contribution in [2.45, 2.75) is 46.3 Å². The summed E-state index contributed by atoms with van der Waals surface area (Å²) in [6, 6.07) is 5.77. The van der Waals surface area contributed by atoms with Gasteiger partial charge in [-0.1, -0.05) is 17.8 Å². The summed E-state index contributed by atoms with van der Waals surface area (Å²) in [4.78, 5) is 40.3. The van der Waals surface area contributed by atoms with Crippen molar-refractivity contribution in [1.29, 1.82) is 0 Å². The number of hydrogen-bond donors (Lipinski definition) is 1. The minimum absolute atomic E-state index is 0.155. The van der Waals surface area contributed by atoms with E-state index < -0.39 is 11.7 Å². The van der Waals surface area contributed by atoms with E-state index in [1.807, 2.05) is 39.0 Å². The molecule has 0 bridgehead atoms. The number of nitrogens with one attached hydrogen (secondary N) is 1. The maximum atomic E-state index is 12.4. The largest absolute Gasteiger partial charge is 0.448 e. The number of aldehydes is 1. The lowest BCUT2D eigenvalue weighted by Gasteiger charge is -2.31. The van der Waals surface area contributed by atoms with Crippen LogP contribution >= 0.6 is 11.8 Å². The fourth-order valence-corrected chi connectivity index (χ4v) is 3.24. The van der Waals surface area contributed by atoms with Crippen LogP contribution in [0.2, 0.25) is 0 Å².